The molecule has 3 atom stereocenters. The van der Waals surface area contributed by atoms with Gasteiger partial charge in [0.05, 0.1) is 11.7 Å². The van der Waals surface area contributed by atoms with Crippen LogP contribution in [0.15, 0.2) is 18.2 Å². The minimum atomic E-state index is -1.01. The van der Waals surface area contributed by atoms with Crippen LogP contribution in [0.1, 0.15) is 50.7 Å². The first-order valence-corrected chi connectivity index (χ1v) is 6.75. The van der Waals surface area contributed by atoms with Gasteiger partial charge in [-0.25, -0.2) is 8.78 Å². The van der Waals surface area contributed by atoms with E-state index < -0.39 is 17.7 Å². The second-order valence-corrected chi connectivity index (χ2v) is 5.28. The van der Waals surface area contributed by atoms with E-state index in [1.165, 1.54) is 24.6 Å². The third kappa shape index (κ3) is 2.72. The van der Waals surface area contributed by atoms with Gasteiger partial charge in [0, 0.05) is 0 Å². The van der Waals surface area contributed by atoms with Crippen molar-refractivity contribution >= 4 is 0 Å². The molecule has 0 aliphatic heterocycles. The van der Waals surface area contributed by atoms with Gasteiger partial charge >= 0.3 is 0 Å². The Hall–Kier alpha value is -0.960. The summed E-state index contributed by atoms with van der Waals surface area (Å²) in [5.74, 6) is -0.717. The van der Waals surface area contributed by atoms with Crippen molar-refractivity contribution in [3.8, 4) is 0 Å². The Kier molecular flexibility index (Phi) is 4.33. The van der Waals surface area contributed by atoms with E-state index in [9.17, 15) is 13.9 Å². The van der Waals surface area contributed by atoms with E-state index in [-0.39, 0.29) is 11.5 Å². The number of aliphatic hydroxyl groups excluding tert-OH is 1. The summed E-state index contributed by atoms with van der Waals surface area (Å²) in [6.07, 6.45) is 3.98. The Balaban J connectivity index is 2.17. The smallest absolute Gasteiger partial charge is 0.131 e. The second-order valence-electron chi connectivity index (χ2n) is 5.28. The summed E-state index contributed by atoms with van der Waals surface area (Å²) in [7, 11) is 0. The summed E-state index contributed by atoms with van der Waals surface area (Å²) < 4.78 is 27.3. The molecule has 1 fully saturated rings. The molecule has 0 bridgehead atoms. The van der Waals surface area contributed by atoms with Crippen LogP contribution < -0.4 is 0 Å². The van der Waals surface area contributed by atoms with Gasteiger partial charge in [-0.2, -0.15) is 0 Å². The van der Waals surface area contributed by atoms with Crippen molar-refractivity contribution < 1.29 is 13.9 Å². The lowest BCUT2D eigenvalue weighted by Gasteiger charge is -2.32. The molecule has 100 valence electrons. The Bertz CT molecular complexity index is 385. The summed E-state index contributed by atoms with van der Waals surface area (Å²) in [4.78, 5) is 0. The zero-order valence-corrected chi connectivity index (χ0v) is 10.7. The van der Waals surface area contributed by atoms with Gasteiger partial charge in [0.1, 0.15) is 11.6 Å². The molecule has 0 saturated heterocycles. The maximum atomic E-state index is 13.6. The highest BCUT2D eigenvalue weighted by atomic mass is 19.1. The molecule has 18 heavy (non-hydrogen) atoms. The van der Waals surface area contributed by atoms with Crippen LogP contribution in [0, 0.1) is 23.5 Å². The SMILES string of the molecule is CCC1CCCC(C(O)c2c(F)cccc2F)C1. The Morgan fingerprint density at radius 2 is 1.94 bits per heavy atom. The number of aliphatic hydroxyl groups is 1. The van der Waals surface area contributed by atoms with E-state index in [1.807, 2.05) is 0 Å². The molecule has 1 aliphatic carbocycles. The number of hydrogen-bond donors (Lipinski definition) is 1. The van der Waals surface area contributed by atoms with Crippen molar-refractivity contribution in [3.63, 3.8) is 0 Å². The lowest BCUT2D eigenvalue weighted by Crippen LogP contribution is -2.22. The van der Waals surface area contributed by atoms with Gasteiger partial charge in [-0.05, 0) is 36.8 Å². The van der Waals surface area contributed by atoms with E-state index in [4.69, 9.17) is 0 Å². The number of halogens is 2. The van der Waals surface area contributed by atoms with E-state index in [2.05, 4.69) is 6.92 Å². The molecule has 1 saturated carbocycles. The molecule has 1 aromatic carbocycles. The van der Waals surface area contributed by atoms with Gasteiger partial charge in [0.25, 0.3) is 0 Å². The van der Waals surface area contributed by atoms with E-state index >= 15 is 0 Å². The van der Waals surface area contributed by atoms with Crippen LogP contribution in [0.4, 0.5) is 8.78 Å². The largest absolute Gasteiger partial charge is 0.388 e. The normalized spacial score (nSPS) is 26.0. The van der Waals surface area contributed by atoms with Crippen LogP contribution in [0.3, 0.4) is 0 Å². The highest BCUT2D eigenvalue weighted by Gasteiger charge is 2.30. The van der Waals surface area contributed by atoms with Gasteiger partial charge in [0.2, 0.25) is 0 Å². The number of benzene rings is 1. The molecule has 1 N–H and O–H groups in total. The third-order valence-corrected chi connectivity index (χ3v) is 4.14. The highest BCUT2D eigenvalue weighted by molar-refractivity contribution is 5.22. The van der Waals surface area contributed by atoms with Crippen molar-refractivity contribution in [3.05, 3.63) is 35.4 Å². The molecule has 1 nitrogen and oxygen atoms in total. The molecular formula is C15H20F2O. The van der Waals surface area contributed by atoms with Gasteiger partial charge in [-0.3, -0.25) is 0 Å². The fourth-order valence-electron chi connectivity index (χ4n) is 3.02. The minimum absolute atomic E-state index is 0.0184. The predicted molar refractivity (Wildman–Crippen MR) is 67.1 cm³/mol. The molecule has 0 radical (unpaired) electrons. The lowest BCUT2D eigenvalue weighted by molar-refractivity contribution is 0.0620. The van der Waals surface area contributed by atoms with Gasteiger partial charge in [-0.1, -0.05) is 32.3 Å². The van der Waals surface area contributed by atoms with Crippen LogP contribution in [0.2, 0.25) is 0 Å². The van der Waals surface area contributed by atoms with Gasteiger partial charge in [-0.15, -0.1) is 0 Å². The highest BCUT2D eigenvalue weighted by Crippen LogP contribution is 2.39. The molecule has 0 amide bonds. The summed E-state index contributed by atoms with van der Waals surface area (Å²) in [5, 5.41) is 10.2. The van der Waals surface area contributed by atoms with Crippen LogP contribution in [0.25, 0.3) is 0 Å². The molecule has 3 unspecified atom stereocenters. The predicted octanol–water partition coefficient (Wildman–Crippen LogP) is 4.21. The average Bonchev–Trinajstić information content (AvgIpc) is 2.38. The first kappa shape index (κ1) is 13.5. The fourth-order valence-corrected chi connectivity index (χ4v) is 3.02. The molecule has 1 aromatic rings. The maximum Gasteiger partial charge on any atom is 0.131 e. The van der Waals surface area contributed by atoms with E-state index in [0.29, 0.717) is 5.92 Å². The molecular weight excluding hydrogens is 234 g/mol. The number of rotatable bonds is 3. The molecule has 0 heterocycles. The molecule has 0 spiro atoms. The summed E-state index contributed by atoms with van der Waals surface area (Å²) in [6, 6.07) is 3.75. The maximum absolute atomic E-state index is 13.6. The first-order valence-electron chi connectivity index (χ1n) is 6.75. The first-order chi connectivity index (χ1) is 8.63. The van der Waals surface area contributed by atoms with Crippen LogP contribution in [-0.4, -0.2) is 5.11 Å². The van der Waals surface area contributed by atoms with Crippen LogP contribution in [0.5, 0.6) is 0 Å². The van der Waals surface area contributed by atoms with Crippen molar-refractivity contribution in [2.45, 2.75) is 45.1 Å². The van der Waals surface area contributed by atoms with Crippen molar-refractivity contribution in [2.24, 2.45) is 11.8 Å². The minimum Gasteiger partial charge on any atom is -0.388 e. The quantitative estimate of drug-likeness (QED) is 0.856. The van der Waals surface area contributed by atoms with Crippen molar-refractivity contribution in [1.82, 2.24) is 0 Å². The topological polar surface area (TPSA) is 20.2 Å². The van der Waals surface area contributed by atoms with E-state index in [1.54, 1.807) is 0 Å². The van der Waals surface area contributed by atoms with E-state index in [0.717, 1.165) is 25.7 Å². The van der Waals surface area contributed by atoms with Crippen LogP contribution >= 0.6 is 0 Å². The summed E-state index contributed by atoms with van der Waals surface area (Å²) in [5.41, 5.74) is -0.153. The van der Waals surface area contributed by atoms with Crippen molar-refractivity contribution in [1.29, 1.82) is 0 Å². The molecule has 1 aliphatic rings. The van der Waals surface area contributed by atoms with Gasteiger partial charge in [0.15, 0.2) is 0 Å². The average molecular weight is 254 g/mol. The monoisotopic (exact) mass is 254 g/mol. The zero-order chi connectivity index (χ0) is 13.1. The summed E-state index contributed by atoms with van der Waals surface area (Å²) in [6.45, 7) is 2.13. The Labute approximate surface area is 107 Å². The fraction of sp³-hybridized carbons (Fsp3) is 0.600. The molecule has 3 heteroatoms. The Morgan fingerprint density at radius 3 is 2.56 bits per heavy atom. The summed E-state index contributed by atoms with van der Waals surface area (Å²) >= 11 is 0. The van der Waals surface area contributed by atoms with Crippen molar-refractivity contribution in [2.75, 3.05) is 0 Å². The Morgan fingerprint density at radius 1 is 1.28 bits per heavy atom. The van der Waals surface area contributed by atoms with Gasteiger partial charge < -0.3 is 5.11 Å². The second kappa shape index (κ2) is 5.79. The lowest BCUT2D eigenvalue weighted by atomic mass is 9.76. The third-order valence-electron chi connectivity index (χ3n) is 4.14. The zero-order valence-electron chi connectivity index (χ0n) is 10.7. The standard InChI is InChI=1S/C15H20F2O/c1-2-10-5-3-6-11(9-10)15(18)14-12(16)7-4-8-13(14)17/h4,7-8,10-11,15,18H,2-3,5-6,9H2,1H3. The molecule has 0 aromatic heterocycles. The number of hydrogen-bond acceptors (Lipinski definition) is 1. The molecule has 2 rings (SSSR count). The van der Waals surface area contributed by atoms with Crippen LogP contribution in [-0.2, 0) is 0 Å².